The lowest BCUT2D eigenvalue weighted by Crippen LogP contribution is -2.20. The first kappa shape index (κ1) is 15.7. The number of halogens is 1. The monoisotopic (exact) mass is 348 g/mol. The molecule has 0 fully saturated rings. The van der Waals surface area contributed by atoms with E-state index in [1.54, 1.807) is 12.1 Å². The Hall–Kier alpha value is -1.72. The molecule has 0 aromatic heterocycles. The first-order valence-corrected chi connectivity index (χ1v) is 7.61. The number of hydrogen-bond donors (Lipinski definition) is 1. The Bertz CT molecular complexity index is 631. The predicted octanol–water partition coefficient (Wildman–Crippen LogP) is 4.60. The molecule has 0 spiro atoms. The summed E-state index contributed by atoms with van der Waals surface area (Å²) in [6.07, 6.45) is 0.950. The van der Waals surface area contributed by atoms with Gasteiger partial charge in [0.15, 0.2) is 0 Å². The van der Waals surface area contributed by atoms with Crippen molar-refractivity contribution in [2.75, 3.05) is 0 Å². The maximum atomic E-state index is 10.8. The van der Waals surface area contributed by atoms with Gasteiger partial charge in [-0.3, -0.25) is 10.1 Å². The summed E-state index contributed by atoms with van der Waals surface area (Å²) in [6.45, 7) is 2.72. The van der Waals surface area contributed by atoms with Gasteiger partial charge in [-0.05, 0) is 29.7 Å². The molecule has 5 heteroatoms. The number of nitrogens with one attached hydrogen (secondary N) is 1. The zero-order chi connectivity index (χ0) is 15.2. The Morgan fingerprint density at radius 3 is 2.67 bits per heavy atom. The van der Waals surface area contributed by atoms with Crippen molar-refractivity contribution in [3.05, 3.63) is 74.2 Å². The van der Waals surface area contributed by atoms with Crippen molar-refractivity contribution in [2.24, 2.45) is 0 Å². The maximum Gasteiger partial charge on any atom is 0.269 e. The van der Waals surface area contributed by atoms with Crippen LogP contribution in [0, 0.1) is 10.1 Å². The SMILES string of the molecule is CCC(NCc1cccc([N+](=O)[O-])c1)c1cccc(Br)c1. The lowest BCUT2D eigenvalue weighted by Gasteiger charge is -2.17. The molecule has 0 aliphatic carbocycles. The van der Waals surface area contributed by atoms with Crippen LogP contribution < -0.4 is 5.32 Å². The van der Waals surface area contributed by atoms with Crippen molar-refractivity contribution in [2.45, 2.75) is 25.9 Å². The third-order valence-corrected chi connectivity index (χ3v) is 3.83. The molecule has 0 saturated carbocycles. The van der Waals surface area contributed by atoms with Crippen molar-refractivity contribution in [3.63, 3.8) is 0 Å². The van der Waals surface area contributed by atoms with Gasteiger partial charge in [-0.1, -0.05) is 47.1 Å². The van der Waals surface area contributed by atoms with E-state index in [0.29, 0.717) is 6.54 Å². The molecule has 2 aromatic rings. The Kier molecular flexibility index (Phi) is 5.47. The fraction of sp³-hybridized carbons (Fsp3) is 0.250. The molecule has 4 nitrogen and oxygen atoms in total. The van der Waals surface area contributed by atoms with Crippen molar-refractivity contribution in [1.82, 2.24) is 5.32 Å². The molecule has 0 aliphatic heterocycles. The molecule has 0 radical (unpaired) electrons. The van der Waals surface area contributed by atoms with Crippen molar-refractivity contribution >= 4 is 21.6 Å². The smallest absolute Gasteiger partial charge is 0.269 e. The van der Waals surface area contributed by atoms with Crippen molar-refractivity contribution in [3.8, 4) is 0 Å². The zero-order valence-corrected chi connectivity index (χ0v) is 13.3. The average Bonchev–Trinajstić information content (AvgIpc) is 2.48. The summed E-state index contributed by atoms with van der Waals surface area (Å²) in [5.41, 5.74) is 2.25. The van der Waals surface area contributed by atoms with Crippen molar-refractivity contribution in [1.29, 1.82) is 0 Å². The number of nitro benzene ring substituents is 1. The second-order valence-corrected chi connectivity index (χ2v) is 5.74. The molecule has 0 saturated heterocycles. The van der Waals surface area contributed by atoms with E-state index in [2.05, 4.69) is 40.3 Å². The standard InChI is InChI=1S/C16H17BrN2O2/c1-2-16(13-6-4-7-14(17)10-13)18-11-12-5-3-8-15(9-12)19(20)21/h3-10,16,18H,2,11H2,1H3. The predicted molar refractivity (Wildman–Crippen MR) is 87.1 cm³/mol. The molecule has 0 amide bonds. The summed E-state index contributed by atoms with van der Waals surface area (Å²) in [5.74, 6) is 0. The quantitative estimate of drug-likeness (QED) is 0.613. The molecular formula is C16H17BrN2O2. The largest absolute Gasteiger partial charge is 0.306 e. The van der Waals surface area contributed by atoms with Gasteiger partial charge in [0.05, 0.1) is 4.92 Å². The molecule has 1 N–H and O–H groups in total. The zero-order valence-electron chi connectivity index (χ0n) is 11.8. The molecular weight excluding hydrogens is 332 g/mol. The number of hydrogen-bond acceptors (Lipinski definition) is 3. The summed E-state index contributed by atoms with van der Waals surface area (Å²) in [6, 6.07) is 15.1. The van der Waals surface area contributed by atoms with E-state index in [1.165, 1.54) is 11.6 Å². The fourth-order valence-corrected chi connectivity index (χ4v) is 2.66. The van der Waals surface area contributed by atoms with E-state index in [1.807, 2.05) is 18.2 Å². The van der Waals surface area contributed by atoms with Gasteiger partial charge in [0.1, 0.15) is 0 Å². The minimum absolute atomic E-state index is 0.129. The van der Waals surface area contributed by atoms with E-state index in [9.17, 15) is 10.1 Å². The summed E-state index contributed by atoms with van der Waals surface area (Å²) in [7, 11) is 0. The van der Waals surface area contributed by atoms with Crippen LogP contribution in [-0.2, 0) is 6.54 Å². The van der Waals surface area contributed by atoms with Crippen LogP contribution in [0.15, 0.2) is 53.0 Å². The molecule has 110 valence electrons. The molecule has 21 heavy (non-hydrogen) atoms. The van der Waals surface area contributed by atoms with Gasteiger partial charge in [0.2, 0.25) is 0 Å². The topological polar surface area (TPSA) is 55.2 Å². The minimum atomic E-state index is -0.366. The van der Waals surface area contributed by atoms with E-state index < -0.39 is 0 Å². The lowest BCUT2D eigenvalue weighted by molar-refractivity contribution is -0.384. The van der Waals surface area contributed by atoms with Crippen LogP contribution in [0.25, 0.3) is 0 Å². The van der Waals surface area contributed by atoms with Crippen LogP contribution in [0.3, 0.4) is 0 Å². The highest BCUT2D eigenvalue weighted by Gasteiger charge is 2.10. The number of nitrogens with zero attached hydrogens (tertiary/aromatic N) is 1. The van der Waals surface area contributed by atoms with Gasteiger partial charge in [-0.25, -0.2) is 0 Å². The van der Waals surface area contributed by atoms with Gasteiger partial charge < -0.3 is 5.32 Å². The van der Waals surface area contributed by atoms with Crippen molar-refractivity contribution < 1.29 is 4.92 Å². The lowest BCUT2D eigenvalue weighted by atomic mass is 10.0. The Balaban J connectivity index is 2.06. The molecule has 2 rings (SSSR count). The summed E-state index contributed by atoms with van der Waals surface area (Å²) >= 11 is 3.48. The highest BCUT2D eigenvalue weighted by Crippen LogP contribution is 2.21. The van der Waals surface area contributed by atoms with Gasteiger partial charge in [0.25, 0.3) is 5.69 Å². The number of non-ortho nitro benzene ring substituents is 1. The van der Waals surface area contributed by atoms with Crippen LogP contribution in [0.4, 0.5) is 5.69 Å². The fourth-order valence-electron chi connectivity index (χ4n) is 2.24. The molecule has 0 bridgehead atoms. The highest BCUT2D eigenvalue weighted by molar-refractivity contribution is 9.10. The number of rotatable bonds is 6. The number of nitro groups is 1. The minimum Gasteiger partial charge on any atom is -0.306 e. The van der Waals surface area contributed by atoms with Crippen LogP contribution in [-0.4, -0.2) is 4.92 Å². The molecule has 2 aromatic carbocycles. The second kappa shape index (κ2) is 7.33. The summed E-state index contributed by atoms with van der Waals surface area (Å²) in [4.78, 5) is 10.4. The Morgan fingerprint density at radius 1 is 1.24 bits per heavy atom. The van der Waals surface area contributed by atoms with E-state index in [-0.39, 0.29) is 16.7 Å². The third kappa shape index (κ3) is 4.37. The van der Waals surface area contributed by atoms with E-state index in [4.69, 9.17) is 0 Å². The van der Waals surface area contributed by atoms with Gasteiger partial charge in [-0.15, -0.1) is 0 Å². The van der Waals surface area contributed by atoms with Crippen LogP contribution in [0.1, 0.15) is 30.5 Å². The first-order valence-electron chi connectivity index (χ1n) is 6.82. The molecule has 1 unspecified atom stereocenters. The Labute approximate surface area is 132 Å². The van der Waals surface area contributed by atoms with Crippen LogP contribution >= 0.6 is 15.9 Å². The summed E-state index contributed by atoms with van der Waals surface area (Å²) < 4.78 is 1.05. The number of benzene rings is 2. The third-order valence-electron chi connectivity index (χ3n) is 3.33. The maximum absolute atomic E-state index is 10.8. The van der Waals surface area contributed by atoms with Gasteiger partial charge >= 0.3 is 0 Å². The molecule has 1 atom stereocenters. The highest BCUT2D eigenvalue weighted by atomic mass is 79.9. The van der Waals surface area contributed by atoms with E-state index >= 15 is 0 Å². The first-order chi connectivity index (χ1) is 10.1. The van der Waals surface area contributed by atoms with Crippen LogP contribution in [0.5, 0.6) is 0 Å². The second-order valence-electron chi connectivity index (χ2n) is 4.82. The van der Waals surface area contributed by atoms with Gasteiger partial charge in [-0.2, -0.15) is 0 Å². The summed E-state index contributed by atoms with van der Waals surface area (Å²) in [5, 5.41) is 14.2. The Morgan fingerprint density at radius 2 is 2.00 bits per heavy atom. The van der Waals surface area contributed by atoms with E-state index in [0.717, 1.165) is 16.5 Å². The normalized spacial score (nSPS) is 12.1. The van der Waals surface area contributed by atoms with Crippen LogP contribution in [0.2, 0.25) is 0 Å². The molecule has 0 heterocycles. The van der Waals surface area contributed by atoms with Gasteiger partial charge in [0, 0.05) is 29.2 Å². The average molecular weight is 349 g/mol. The molecule has 0 aliphatic rings.